The van der Waals surface area contributed by atoms with Gasteiger partial charge in [-0.15, -0.1) is 0 Å². The Balaban J connectivity index is 0.000000120. The van der Waals surface area contributed by atoms with E-state index < -0.39 is 104 Å². The molecule has 30 nitrogen and oxygen atoms in total. The van der Waals surface area contributed by atoms with E-state index in [1.165, 1.54) is 67.4 Å². The van der Waals surface area contributed by atoms with E-state index in [0.29, 0.717) is 112 Å². The van der Waals surface area contributed by atoms with Gasteiger partial charge < -0.3 is 28.4 Å². The van der Waals surface area contributed by atoms with Crippen molar-refractivity contribution in [3.63, 3.8) is 0 Å². The number of hydrogen-bond acceptors (Lipinski definition) is 30. The first-order valence-electron chi connectivity index (χ1n) is 41.5. The molecule has 22 aromatic rings. The zero-order chi connectivity index (χ0) is 99.4. The second-order valence-electron chi connectivity index (χ2n) is 31.9. The molecular weight excluding hydrogens is 1870 g/mol. The van der Waals surface area contributed by atoms with Crippen molar-refractivity contribution in [3.8, 4) is 46.8 Å². The van der Waals surface area contributed by atoms with Crippen molar-refractivity contribution in [2.75, 3.05) is 28.4 Å². The van der Waals surface area contributed by atoms with E-state index in [1.807, 2.05) is 64.1 Å². The van der Waals surface area contributed by atoms with E-state index in [0.717, 1.165) is 24.3 Å². The average molecular weight is 1930 g/mol. The molecular formula is C94H60F16N24O6. The quantitative estimate of drug-likeness (QED) is 0.0774. The normalized spacial score (nSPS) is 12.2. The first-order chi connectivity index (χ1) is 66.4. The number of rotatable bonds is 8. The smallest absolute Gasteiger partial charge is 0.418 e. The van der Waals surface area contributed by atoms with E-state index in [1.54, 1.807) is 51.1 Å². The van der Waals surface area contributed by atoms with Gasteiger partial charge in [-0.05, 0) is 164 Å². The van der Waals surface area contributed by atoms with Crippen LogP contribution in [0.15, 0.2) is 109 Å². The third-order valence-corrected chi connectivity index (χ3v) is 22.5. The minimum absolute atomic E-state index is 0.0294. The SMILES string of the molecule is COc1nc2c3nc(C)c(C)nc3c3nc4cc(C)c(C(F)(F)F)cc4nc3c2nc1OC.COc1nc2c3nc(C)c(C)nc3c3nc4cc(C)cc(C(F)(F)F)c4nc3c2nc1OC.Cc1cc(C(F)(F)F)c2nc3c4nc(F)c(F)nc4c4nc(F)c(F)nc4c3nc2c1.Cc1cc2nc3c4nc(C)c(C)nc4c4nc(Oc5ccccc5)c(Oc5ccccc5)nc4c3nc2cc1C(F)(F)F. The average Bonchev–Trinajstić information content (AvgIpc) is 0.721. The highest BCUT2D eigenvalue weighted by Crippen LogP contribution is 2.46. The van der Waals surface area contributed by atoms with Crippen LogP contribution >= 0.6 is 0 Å². The molecule has 0 amide bonds. The Morgan fingerprint density at radius 2 is 0.393 bits per heavy atom. The Kier molecular flexibility index (Phi) is 22.4. The molecule has 0 bridgehead atoms. The lowest BCUT2D eigenvalue weighted by Crippen LogP contribution is -2.09. The summed E-state index contributed by atoms with van der Waals surface area (Å²) in [4.78, 5) is 105. The molecule has 704 valence electrons. The predicted octanol–water partition coefficient (Wildman–Crippen LogP) is 22.0. The van der Waals surface area contributed by atoms with Crippen LogP contribution in [0.3, 0.4) is 0 Å². The second-order valence-corrected chi connectivity index (χ2v) is 31.9. The van der Waals surface area contributed by atoms with Crippen molar-refractivity contribution in [3.05, 3.63) is 212 Å². The topological polar surface area (TPSA) is 365 Å². The van der Waals surface area contributed by atoms with E-state index in [9.17, 15) is 70.2 Å². The van der Waals surface area contributed by atoms with Crippen LogP contribution in [0.4, 0.5) is 70.2 Å². The summed E-state index contributed by atoms with van der Waals surface area (Å²) in [5, 5.41) is 0. The number of hydrogen-bond donors (Lipinski definition) is 0. The molecule has 12 aromatic heterocycles. The zero-order valence-electron chi connectivity index (χ0n) is 74.6. The fourth-order valence-corrected chi connectivity index (χ4v) is 15.7. The Morgan fingerprint density at radius 1 is 0.193 bits per heavy atom. The van der Waals surface area contributed by atoms with Crippen LogP contribution in [-0.2, 0) is 24.7 Å². The summed E-state index contributed by atoms with van der Waals surface area (Å²) in [5.74, 6) is -5.17. The minimum atomic E-state index is -4.81. The van der Waals surface area contributed by atoms with Gasteiger partial charge >= 0.3 is 24.7 Å². The molecule has 0 atom stereocenters. The summed E-state index contributed by atoms with van der Waals surface area (Å²) in [6.45, 7) is 16.6. The number of fused-ring (bicyclic) bond motifs is 28. The van der Waals surface area contributed by atoms with Crippen LogP contribution < -0.4 is 28.4 Å². The monoisotopic (exact) mass is 1920 g/mol. The molecule has 140 heavy (non-hydrogen) atoms. The van der Waals surface area contributed by atoms with Gasteiger partial charge in [0, 0.05) is 0 Å². The fourth-order valence-electron chi connectivity index (χ4n) is 15.7. The molecule has 0 aliphatic rings. The van der Waals surface area contributed by atoms with Crippen LogP contribution in [0.5, 0.6) is 46.8 Å². The van der Waals surface area contributed by atoms with Gasteiger partial charge in [0.05, 0.1) is 118 Å². The van der Waals surface area contributed by atoms with Crippen molar-refractivity contribution in [2.24, 2.45) is 0 Å². The van der Waals surface area contributed by atoms with Crippen LogP contribution in [0.2, 0.25) is 0 Å². The van der Waals surface area contributed by atoms with Gasteiger partial charge in [-0.2, -0.15) is 70.2 Å². The summed E-state index contributed by atoms with van der Waals surface area (Å²) < 4.78 is 252. The van der Waals surface area contributed by atoms with E-state index >= 15 is 0 Å². The van der Waals surface area contributed by atoms with Crippen LogP contribution in [0.1, 0.15) is 78.7 Å². The van der Waals surface area contributed by atoms with Crippen molar-refractivity contribution in [2.45, 2.75) is 93.9 Å². The molecule has 0 aliphatic heterocycles. The van der Waals surface area contributed by atoms with Crippen LogP contribution in [-0.4, -0.2) is 148 Å². The maximum absolute atomic E-state index is 13.8. The van der Waals surface area contributed by atoms with Crippen molar-refractivity contribution < 1.29 is 98.7 Å². The highest BCUT2D eigenvalue weighted by molar-refractivity contribution is 6.23. The molecule has 12 heterocycles. The third-order valence-electron chi connectivity index (χ3n) is 22.5. The number of nitrogens with zero attached hydrogens (tertiary/aromatic N) is 24. The van der Waals surface area contributed by atoms with Crippen molar-refractivity contribution >= 4 is 177 Å². The largest absolute Gasteiger partial charge is 0.477 e. The number of ether oxygens (including phenoxy) is 6. The molecule has 0 saturated carbocycles. The Hall–Kier alpha value is -17.0. The zero-order valence-corrected chi connectivity index (χ0v) is 74.6. The Bertz CT molecular complexity index is 9100. The molecule has 0 saturated heterocycles. The summed E-state index contributed by atoms with van der Waals surface area (Å²) in [6, 6.07) is 27.5. The summed E-state index contributed by atoms with van der Waals surface area (Å²) in [7, 11) is 5.64. The van der Waals surface area contributed by atoms with Crippen LogP contribution in [0, 0.1) is 93.0 Å². The Labute approximate surface area is 772 Å². The van der Waals surface area contributed by atoms with Crippen molar-refractivity contribution in [1.82, 2.24) is 120 Å². The molecule has 0 radical (unpaired) electrons. The number of alkyl halides is 12. The standard InChI is InChI=1S/C32H21F3N6O2.2C22H17F3N6O2.C18H5F7N6/c1-16-14-22-23(15-21(16)32(33,34)35)39-27-26(38-22)24-25(37-18(3)17(2)36-24)28-29(27)41-31(43-20-12-8-5-9-13-20)30(40-28)42-19-10-6-4-7-11-19;1-8-6-12-13(7-11(8)22(23,24)25)29-17-16(28-12)14-15(27-10(3)9(2)26-14)18-19(17)31-21(33-5)20(30-18)32-4;1-8-6-11(22(23,24)25)13-12(7-8)28-16-14-15(27-10(3)9(2)26-14)18-19(17(16)29-13)31-21(33-5)20(30-18)32-4;1-4-2-5(18(23,24)25)7-6(3-4)26-8-9(27-7)11-13(31-17(22)15(20)29-11)12-10(8)28-14(19)16(21)30-12/h4-15H,1-3H3;2*6-7H,1-5H3;2-3H,1H3. The number of aryl methyl sites for hydroxylation is 10. The molecule has 0 N–H and O–H groups in total. The van der Waals surface area contributed by atoms with Gasteiger partial charge in [-0.1, -0.05) is 36.4 Å². The van der Waals surface area contributed by atoms with E-state index in [-0.39, 0.29) is 135 Å². The third kappa shape index (κ3) is 16.3. The number of halogens is 16. The van der Waals surface area contributed by atoms with Crippen LogP contribution in [0.25, 0.3) is 177 Å². The number of para-hydroxylation sites is 2. The van der Waals surface area contributed by atoms with Gasteiger partial charge in [-0.3, -0.25) is 0 Å². The number of benzene rings is 10. The van der Waals surface area contributed by atoms with Gasteiger partial charge in [0.15, 0.2) is 0 Å². The summed E-state index contributed by atoms with van der Waals surface area (Å²) in [5.41, 5.74) is 3.60. The second kappa shape index (κ2) is 34.1. The highest BCUT2D eigenvalue weighted by Gasteiger charge is 2.39. The molecule has 22 rings (SSSR count). The lowest BCUT2D eigenvalue weighted by molar-refractivity contribution is -0.138. The molecule has 10 aromatic carbocycles. The number of aromatic nitrogens is 24. The first-order valence-corrected chi connectivity index (χ1v) is 41.5. The Morgan fingerprint density at radius 3 is 0.629 bits per heavy atom. The van der Waals surface area contributed by atoms with Crippen molar-refractivity contribution in [1.29, 1.82) is 0 Å². The first kappa shape index (κ1) is 92.1. The molecule has 0 unspecified atom stereocenters. The van der Waals surface area contributed by atoms with E-state index in [2.05, 4.69) is 94.7 Å². The van der Waals surface area contributed by atoms with Gasteiger partial charge in [0.2, 0.25) is 0 Å². The number of methoxy groups -OCH3 is 4. The highest BCUT2D eigenvalue weighted by atomic mass is 19.4. The molecule has 0 spiro atoms. The van der Waals surface area contributed by atoms with Gasteiger partial charge in [-0.25, -0.2) is 120 Å². The fraction of sp³-hybridized carbons (Fsp3) is 0.191. The minimum Gasteiger partial charge on any atom is -0.477 e. The molecule has 0 aliphatic carbocycles. The van der Waals surface area contributed by atoms with E-state index in [4.69, 9.17) is 53.3 Å². The summed E-state index contributed by atoms with van der Waals surface area (Å²) in [6.07, 6.45) is -18.5. The lowest BCUT2D eigenvalue weighted by atomic mass is 10.1. The maximum Gasteiger partial charge on any atom is 0.418 e. The lowest BCUT2D eigenvalue weighted by Gasteiger charge is -2.15. The van der Waals surface area contributed by atoms with Gasteiger partial charge in [0.25, 0.3) is 59.1 Å². The predicted molar refractivity (Wildman–Crippen MR) is 479 cm³/mol. The summed E-state index contributed by atoms with van der Waals surface area (Å²) >= 11 is 0. The maximum atomic E-state index is 13.8. The van der Waals surface area contributed by atoms with Gasteiger partial charge in [0.1, 0.15) is 155 Å². The molecule has 46 heteroatoms. The molecule has 0 fully saturated rings.